The molecule has 2 rings (SSSR count). The molecule has 278 valence electrons. The van der Waals surface area contributed by atoms with Crippen LogP contribution in [0.5, 0.6) is 0 Å². The van der Waals surface area contributed by atoms with E-state index in [9.17, 15) is 50.2 Å². The monoisotopic (exact) mass is 778 g/mol. The molecule has 0 fully saturated rings. The molecular formula is C30H42N4O12S4. The minimum absolute atomic E-state index is 0.115. The third-order valence-electron chi connectivity index (χ3n) is 6.65. The minimum atomic E-state index is -1.22. The van der Waals surface area contributed by atoms with E-state index in [1.807, 2.05) is 0 Å². The third-order valence-corrected chi connectivity index (χ3v) is 10.8. The van der Waals surface area contributed by atoms with Crippen molar-refractivity contribution >= 4 is 68.3 Å². The van der Waals surface area contributed by atoms with Crippen LogP contribution in [0.4, 0.5) is 11.4 Å². The number of benzene rings is 2. The second-order valence-corrected chi connectivity index (χ2v) is 15.2. The smallest absolute Gasteiger partial charge is 0.269 e. The molecule has 0 aliphatic heterocycles. The molecule has 0 spiro atoms. The number of nitro groups is 2. The van der Waals surface area contributed by atoms with Gasteiger partial charge in [0.25, 0.3) is 11.4 Å². The summed E-state index contributed by atoms with van der Waals surface area (Å²) in [7, 11) is 3.30. The minimum Gasteiger partial charge on any atom is -0.394 e. The summed E-state index contributed by atoms with van der Waals surface area (Å²) in [6, 6.07) is 8.59. The number of ether oxygens (including phenoxy) is 2. The first kappa shape index (κ1) is 43.5. The lowest BCUT2D eigenvalue weighted by Crippen LogP contribution is -2.42. The van der Waals surface area contributed by atoms with E-state index in [1.165, 1.54) is 72.1 Å². The highest BCUT2D eigenvalue weighted by Gasteiger charge is 2.24. The van der Waals surface area contributed by atoms with E-state index < -0.39 is 47.4 Å². The van der Waals surface area contributed by atoms with Gasteiger partial charge in [-0.15, -0.1) is 23.5 Å². The summed E-state index contributed by atoms with van der Waals surface area (Å²) in [6.07, 6.45) is -2.45. The Morgan fingerprint density at radius 1 is 0.640 bits per heavy atom. The van der Waals surface area contributed by atoms with Crippen LogP contribution in [0.1, 0.15) is 23.3 Å². The number of nitrogens with one attached hydrogen (secondary N) is 2. The van der Waals surface area contributed by atoms with E-state index in [0.717, 1.165) is 11.5 Å². The number of nitrogens with zero attached hydrogens (tertiary/aromatic N) is 2. The Labute approximate surface area is 305 Å². The SMILES string of the molecule is O=C(CSCCOCCSSCCOCCSCC(=O)N[C@H](CO)[C@H](O)c1ccc([N+](=O)[O-])cc1)N[C@H](CO)[C@H](O)c1ccc([N+](=O)[O-])cc1. The quantitative estimate of drug-likeness (QED) is 0.0329. The summed E-state index contributed by atoms with van der Waals surface area (Å²) in [5, 5.41) is 66.8. The second-order valence-electron chi connectivity index (χ2n) is 10.3. The normalized spacial score (nSPS) is 13.6. The van der Waals surface area contributed by atoms with Crippen LogP contribution < -0.4 is 10.6 Å². The molecule has 0 saturated heterocycles. The lowest BCUT2D eigenvalue weighted by Gasteiger charge is -2.22. The van der Waals surface area contributed by atoms with Gasteiger partial charge in [0.1, 0.15) is 12.2 Å². The first-order chi connectivity index (χ1) is 24.1. The number of nitro benzene ring substituents is 2. The maximum Gasteiger partial charge on any atom is 0.269 e. The van der Waals surface area contributed by atoms with Gasteiger partial charge in [-0.3, -0.25) is 29.8 Å². The van der Waals surface area contributed by atoms with Gasteiger partial charge in [-0.1, -0.05) is 21.6 Å². The molecule has 2 aromatic rings. The van der Waals surface area contributed by atoms with Gasteiger partial charge in [-0.05, 0) is 35.4 Å². The average molecular weight is 779 g/mol. The lowest BCUT2D eigenvalue weighted by molar-refractivity contribution is -0.385. The summed E-state index contributed by atoms with van der Waals surface area (Å²) in [5.41, 5.74) is 0.425. The highest BCUT2D eigenvalue weighted by atomic mass is 33.1. The molecular weight excluding hydrogens is 737 g/mol. The fourth-order valence-corrected chi connectivity index (χ4v) is 7.09. The van der Waals surface area contributed by atoms with Crippen LogP contribution in [-0.2, 0) is 19.1 Å². The number of thioether (sulfide) groups is 2. The number of amides is 2. The Balaban J connectivity index is 1.42. The first-order valence-corrected chi connectivity index (χ1v) is 20.1. The number of aliphatic hydroxyl groups is 4. The third kappa shape index (κ3) is 17.0. The van der Waals surface area contributed by atoms with Crippen molar-refractivity contribution in [1.82, 2.24) is 10.6 Å². The van der Waals surface area contributed by atoms with Gasteiger partial charge in [-0.2, -0.15) is 0 Å². The molecule has 0 radical (unpaired) electrons. The van der Waals surface area contributed by atoms with Crippen molar-refractivity contribution in [3.8, 4) is 0 Å². The van der Waals surface area contributed by atoms with Crippen molar-refractivity contribution in [3.63, 3.8) is 0 Å². The fourth-order valence-electron chi connectivity index (χ4n) is 4.07. The van der Waals surface area contributed by atoms with Gasteiger partial charge < -0.3 is 40.5 Å². The molecule has 4 atom stereocenters. The van der Waals surface area contributed by atoms with Crippen LogP contribution in [0.25, 0.3) is 0 Å². The van der Waals surface area contributed by atoms with Gasteiger partial charge >= 0.3 is 0 Å². The molecule has 0 bridgehead atoms. The van der Waals surface area contributed by atoms with Crippen molar-refractivity contribution in [2.45, 2.75) is 24.3 Å². The largest absolute Gasteiger partial charge is 0.394 e. The highest BCUT2D eigenvalue weighted by Crippen LogP contribution is 2.22. The van der Waals surface area contributed by atoms with Gasteiger partial charge in [0, 0.05) is 47.3 Å². The molecule has 2 amide bonds. The summed E-state index contributed by atoms with van der Waals surface area (Å²) in [6.45, 7) is 0.989. The number of hydrogen-bond donors (Lipinski definition) is 6. The predicted molar refractivity (Wildman–Crippen MR) is 195 cm³/mol. The number of aliphatic hydroxyl groups excluding tert-OH is 4. The predicted octanol–water partition coefficient (Wildman–Crippen LogP) is 2.11. The molecule has 50 heavy (non-hydrogen) atoms. The van der Waals surface area contributed by atoms with Crippen molar-refractivity contribution in [2.75, 3.05) is 74.2 Å². The Morgan fingerprint density at radius 2 is 0.980 bits per heavy atom. The molecule has 0 unspecified atom stereocenters. The van der Waals surface area contributed by atoms with Gasteiger partial charge in [0.15, 0.2) is 0 Å². The molecule has 0 aliphatic carbocycles. The summed E-state index contributed by atoms with van der Waals surface area (Å²) in [4.78, 5) is 44.9. The molecule has 20 heteroatoms. The fraction of sp³-hybridized carbons (Fsp3) is 0.533. The number of rotatable bonds is 27. The first-order valence-electron chi connectivity index (χ1n) is 15.3. The zero-order chi connectivity index (χ0) is 36.7. The van der Waals surface area contributed by atoms with Crippen molar-refractivity contribution in [1.29, 1.82) is 0 Å². The molecule has 0 aromatic heterocycles. The number of hydrogen-bond acceptors (Lipinski definition) is 16. The Kier molecular flexibility index (Phi) is 22.0. The van der Waals surface area contributed by atoms with Crippen molar-refractivity contribution in [3.05, 3.63) is 79.9 Å². The van der Waals surface area contributed by atoms with E-state index in [4.69, 9.17) is 9.47 Å². The van der Waals surface area contributed by atoms with Gasteiger partial charge in [0.05, 0.1) is 73.1 Å². The van der Waals surface area contributed by atoms with Crippen LogP contribution in [0, 0.1) is 20.2 Å². The van der Waals surface area contributed by atoms with Crippen LogP contribution >= 0.6 is 45.1 Å². The van der Waals surface area contributed by atoms with E-state index in [1.54, 1.807) is 21.6 Å². The molecule has 16 nitrogen and oxygen atoms in total. The molecule has 6 N–H and O–H groups in total. The molecule has 2 aromatic carbocycles. The lowest BCUT2D eigenvalue weighted by atomic mass is 10.0. The Morgan fingerprint density at radius 3 is 1.30 bits per heavy atom. The summed E-state index contributed by atoms with van der Waals surface area (Å²) < 4.78 is 11.2. The maximum atomic E-state index is 12.2. The summed E-state index contributed by atoms with van der Waals surface area (Å²) in [5.74, 6) is 2.21. The van der Waals surface area contributed by atoms with E-state index in [0.29, 0.717) is 49.1 Å². The van der Waals surface area contributed by atoms with Crippen LogP contribution in [0.15, 0.2) is 48.5 Å². The zero-order valence-electron chi connectivity index (χ0n) is 27.0. The maximum absolute atomic E-state index is 12.2. The van der Waals surface area contributed by atoms with E-state index in [-0.39, 0.29) is 34.7 Å². The highest BCUT2D eigenvalue weighted by molar-refractivity contribution is 8.76. The van der Waals surface area contributed by atoms with Crippen LogP contribution in [0.2, 0.25) is 0 Å². The molecule has 0 heterocycles. The Hall–Kier alpha value is -2.66. The average Bonchev–Trinajstić information content (AvgIpc) is 3.12. The van der Waals surface area contributed by atoms with Gasteiger partial charge in [-0.25, -0.2) is 0 Å². The standard InChI is InChI=1S/C30H42N4O12S4/c35-17-25(29(39)21-1-5-23(6-2-21)33(41)42)31-27(37)19-47-13-9-45-11-15-49-50-16-12-46-10-14-48-20-28(38)32-26(18-36)30(40)22-3-7-24(8-4-22)34(43)44/h1-8,25-26,29-30,35-36,39-40H,9-20H2,(H,31,37)(H,32,38)/t25-,26-,29-,30-/m1/s1. The molecule has 0 saturated carbocycles. The Bertz CT molecular complexity index is 1210. The number of carbonyl (C=O) groups is 2. The number of non-ortho nitro benzene ring substituents is 2. The van der Waals surface area contributed by atoms with Crippen molar-refractivity contribution < 1.29 is 49.3 Å². The molecule has 0 aliphatic rings. The van der Waals surface area contributed by atoms with Gasteiger partial charge in [0.2, 0.25) is 11.8 Å². The van der Waals surface area contributed by atoms with Crippen LogP contribution in [0.3, 0.4) is 0 Å². The van der Waals surface area contributed by atoms with Crippen molar-refractivity contribution in [2.24, 2.45) is 0 Å². The number of carbonyl (C=O) groups excluding carboxylic acids is 2. The zero-order valence-corrected chi connectivity index (χ0v) is 30.3. The van der Waals surface area contributed by atoms with Crippen LogP contribution in [-0.4, -0.2) is 128 Å². The van der Waals surface area contributed by atoms with E-state index >= 15 is 0 Å². The summed E-state index contributed by atoms with van der Waals surface area (Å²) >= 11 is 2.70. The second kappa shape index (κ2) is 25.3. The topological polar surface area (TPSA) is 244 Å². The van der Waals surface area contributed by atoms with E-state index in [2.05, 4.69) is 10.6 Å².